The van der Waals surface area contributed by atoms with Crippen molar-refractivity contribution in [1.82, 2.24) is 9.97 Å². The van der Waals surface area contributed by atoms with Gasteiger partial charge in [0.05, 0.1) is 17.8 Å². The zero-order valence-electron chi connectivity index (χ0n) is 11.2. The summed E-state index contributed by atoms with van der Waals surface area (Å²) in [5.41, 5.74) is 1.78. The molecule has 0 unspecified atom stereocenters. The third kappa shape index (κ3) is 2.07. The number of benzene rings is 1. The maximum absolute atomic E-state index is 11.0. The number of carboxylic acids is 1. The molecule has 20 heavy (non-hydrogen) atoms. The van der Waals surface area contributed by atoms with Crippen LogP contribution in [0.4, 0.5) is 0 Å². The second kappa shape index (κ2) is 4.52. The highest BCUT2D eigenvalue weighted by molar-refractivity contribution is 6.08. The number of aromatic amines is 1. The smallest absolute Gasteiger partial charge is 0.354 e. The number of nitrogens with zero attached hydrogens (tertiary/aromatic N) is 1. The van der Waals surface area contributed by atoms with E-state index in [0.717, 1.165) is 27.6 Å². The Morgan fingerprint density at radius 2 is 2.00 bits per heavy atom. The Kier molecular flexibility index (Phi) is 2.82. The minimum atomic E-state index is -1.03. The van der Waals surface area contributed by atoms with Crippen molar-refractivity contribution in [3.05, 3.63) is 36.2 Å². The van der Waals surface area contributed by atoms with Crippen molar-refractivity contribution < 1.29 is 14.6 Å². The van der Waals surface area contributed by atoms with Crippen LogP contribution in [0.5, 0.6) is 5.75 Å². The lowest BCUT2D eigenvalue weighted by atomic mass is 10.1. The van der Waals surface area contributed by atoms with Crippen LogP contribution >= 0.6 is 0 Å². The van der Waals surface area contributed by atoms with Crippen molar-refractivity contribution in [3.8, 4) is 5.75 Å². The van der Waals surface area contributed by atoms with Crippen LogP contribution < -0.4 is 4.74 Å². The van der Waals surface area contributed by atoms with Crippen molar-refractivity contribution in [2.75, 3.05) is 0 Å². The van der Waals surface area contributed by atoms with E-state index >= 15 is 0 Å². The van der Waals surface area contributed by atoms with Crippen molar-refractivity contribution in [2.24, 2.45) is 0 Å². The quantitative estimate of drug-likeness (QED) is 0.766. The first-order chi connectivity index (χ1) is 9.54. The molecule has 2 N–H and O–H groups in total. The SMILES string of the molecule is CC(C)Oc1ccc2[nH]c3cnc(C(=O)O)cc3c2c1. The van der Waals surface area contributed by atoms with E-state index in [1.165, 1.54) is 0 Å². The normalized spacial score (nSPS) is 11.3. The summed E-state index contributed by atoms with van der Waals surface area (Å²) in [5, 5.41) is 10.8. The van der Waals surface area contributed by atoms with Gasteiger partial charge in [0, 0.05) is 16.3 Å². The van der Waals surface area contributed by atoms with Crippen LogP contribution in [0.2, 0.25) is 0 Å². The first-order valence-electron chi connectivity index (χ1n) is 6.36. The van der Waals surface area contributed by atoms with E-state index in [9.17, 15) is 4.79 Å². The van der Waals surface area contributed by atoms with Crippen molar-refractivity contribution in [2.45, 2.75) is 20.0 Å². The number of pyridine rings is 1. The van der Waals surface area contributed by atoms with Crippen molar-refractivity contribution in [1.29, 1.82) is 0 Å². The van der Waals surface area contributed by atoms with Crippen molar-refractivity contribution >= 4 is 27.8 Å². The summed E-state index contributed by atoms with van der Waals surface area (Å²) in [4.78, 5) is 18.1. The maximum atomic E-state index is 11.0. The minimum Gasteiger partial charge on any atom is -0.491 e. The molecule has 3 rings (SSSR count). The molecule has 0 spiro atoms. The van der Waals surface area contributed by atoms with E-state index < -0.39 is 5.97 Å². The Morgan fingerprint density at radius 1 is 1.25 bits per heavy atom. The lowest BCUT2D eigenvalue weighted by Crippen LogP contribution is -2.05. The highest BCUT2D eigenvalue weighted by Crippen LogP contribution is 2.29. The van der Waals surface area contributed by atoms with Gasteiger partial charge < -0.3 is 14.8 Å². The molecule has 0 fully saturated rings. The summed E-state index contributed by atoms with van der Waals surface area (Å²) in [6, 6.07) is 7.31. The zero-order chi connectivity index (χ0) is 14.3. The average molecular weight is 270 g/mol. The van der Waals surface area contributed by atoms with Crippen LogP contribution in [0.1, 0.15) is 24.3 Å². The molecule has 1 aromatic carbocycles. The molecule has 0 amide bonds. The molecule has 5 nitrogen and oxygen atoms in total. The summed E-state index contributed by atoms with van der Waals surface area (Å²) in [7, 11) is 0. The number of hydrogen-bond acceptors (Lipinski definition) is 3. The summed E-state index contributed by atoms with van der Waals surface area (Å²) < 4.78 is 5.67. The summed E-state index contributed by atoms with van der Waals surface area (Å²) in [6.07, 6.45) is 1.63. The average Bonchev–Trinajstić information content (AvgIpc) is 2.75. The van der Waals surface area contributed by atoms with Crippen molar-refractivity contribution in [3.63, 3.8) is 0 Å². The lowest BCUT2D eigenvalue weighted by Gasteiger charge is -2.09. The number of aromatic nitrogens is 2. The molecule has 0 bridgehead atoms. The van der Waals surface area contributed by atoms with E-state index in [-0.39, 0.29) is 11.8 Å². The molecular formula is C15H14N2O3. The van der Waals surface area contributed by atoms with Gasteiger partial charge in [0.1, 0.15) is 11.4 Å². The van der Waals surface area contributed by atoms with Gasteiger partial charge in [0.15, 0.2) is 0 Å². The van der Waals surface area contributed by atoms with Crippen LogP contribution in [0, 0.1) is 0 Å². The third-order valence-electron chi connectivity index (χ3n) is 3.05. The van der Waals surface area contributed by atoms with E-state index in [1.54, 1.807) is 12.3 Å². The molecule has 0 saturated carbocycles. The van der Waals surface area contributed by atoms with E-state index in [4.69, 9.17) is 9.84 Å². The number of fused-ring (bicyclic) bond motifs is 3. The van der Waals surface area contributed by atoms with Gasteiger partial charge in [-0.1, -0.05) is 0 Å². The summed E-state index contributed by atoms with van der Waals surface area (Å²) >= 11 is 0. The zero-order valence-corrected chi connectivity index (χ0v) is 11.2. The first-order valence-corrected chi connectivity index (χ1v) is 6.36. The largest absolute Gasteiger partial charge is 0.491 e. The molecular weight excluding hydrogens is 256 g/mol. The van der Waals surface area contributed by atoms with E-state index in [1.807, 2.05) is 32.0 Å². The number of rotatable bonds is 3. The standard InChI is InChI=1S/C15H14N2O3/c1-8(2)20-9-3-4-12-10(5-9)11-6-13(15(18)19)16-7-14(11)17-12/h3-8,17H,1-2H3,(H,18,19). The Labute approximate surface area is 115 Å². The summed E-state index contributed by atoms with van der Waals surface area (Å²) in [5.74, 6) is -0.266. The second-order valence-corrected chi connectivity index (χ2v) is 4.92. The molecule has 0 aliphatic carbocycles. The highest BCUT2D eigenvalue weighted by Gasteiger charge is 2.11. The van der Waals surface area contributed by atoms with E-state index in [0.29, 0.717) is 0 Å². The Morgan fingerprint density at radius 3 is 2.70 bits per heavy atom. The molecule has 0 saturated heterocycles. The number of ether oxygens (including phenoxy) is 1. The van der Waals surface area contributed by atoms with Crippen LogP contribution in [-0.2, 0) is 0 Å². The topological polar surface area (TPSA) is 75.2 Å². The van der Waals surface area contributed by atoms with Gasteiger partial charge in [0.25, 0.3) is 0 Å². The maximum Gasteiger partial charge on any atom is 0.354 e. The van der Waals surface area contributed by atoms with Crippen LogP contribution in [0.15, 0.2) is 30.5 Å². The fraction of sp³-hybridized carbons (Fsp3) is 0.200. The van der Waals surface area contributed by atoms with Gasteiger partial charge in [-0.25, -0.2) is 9.78 Å². The van der Waals surface area contributed by atoms with Gasteiger partial charge >= 0.3 is 5.97 Å². The number of H-pyrrole nitrogens is 1. The van der Waals surface area contributed by atoms with Gasteiger partial charge in [0.2, 0.25) is 0 Å². The number of carbonyl (C=O) groups is 1. The summed E-state index contributed by atoms with van der Waals surface area (Å²) in [6.45, 7) is 3.93. The Hall–Kier alpha value is -2.56. The van der Waals surface area contributed by atoms with E-state index in [2.05, 4.69) is 9.97 Å². The van der Waals surface area contributed by atoms with Gasteiger partial charge in [-0.05, 0) is 38.1 Å². The molecule has 2 heterocycles. The fourth-order valence-corrected chi connectivity index (χ4v) is 2.24. The van der Waals surface area contributed by atoms with Gasteiger partial charge in [-0.2, -0.15) is 0 Å². The molecule has 5 heteroatoms. The first kappa shape index (κ1) is 12.5. The van der Waals surface area contributed by atoms with Gasteiger partial charge in [-0.15, -0.1) is 0 Å². The predicted octanol–water partition coefficient (Wildman–Crippen LogP) is 3.20. The van der Waals surface area contributed by atoms with Crippen LogP contribution in [-0.4, -0.2) is 27.1 Å². The third-order valence-corrected chi connectivity index (χ3v) is 3.05. The number of aromatic carboxylic acids is 1. The number of carboxylic acid groups (broad SMARTS) is 1. The minimum absolute atomic E-state index is 0.0357. The van der Waals surface area contributed by atoms with Gasteiger partial charge in [-0.3, -0.25) is 0 Å². The van der Waals surface area contributed by atoms with Crippen LogP contribution in [0.3, 0.4) is 0 Å². The Balaban J connectivity index is 2.22. The second-order valence-electron chi connectivity index (χ2n) is 4.92. The highest BCUT2D eigenvalue weighted by atomic mass is 16.5. The fourth-order valence-electron chi connectivity index (χ4n) is 2.24. The molecule has 2 aromatic heterocycles. The molecule has 0 atom stereocenters. The molecule has 0 aliphatic rings. The molecule has 102 valence electrons. The molecule has 0 radical (unpaired) electrons. The predicted molar refractivity (Wildman–Crippen MR) is 76.3 cm³/mol. The van der Waals surface area contributed by atoms with Crippen LogP contribution in [0.25, 0.3) is 21.8 Å². The molecule has 0 aliphatic heterocycles. The Bertz CT molecular complexity index is 805. The number of hydrogen-bond donors (Lipinski definition) is 2. The number of nitrogens with one attached hydrogen (secondary N) is 1. The monoisotopic (exact) mass is 270 g/mol. The molecule has 3 aromatic rings. The lowest BCUT2D eigenvalue weighted by molar-refractivity contribution is 0.0690.